The van der Waals surface area contributed by atoms with Crippen molar-refractivity contribution in [3.63, 3.8) is 0 Å². The molecule has 14 heavy (non-hydrogen) atoms. The molecule has 82 valence electrons. The zero-order chi connectivity index (χ0) is 10.4. The number of ether oxygens (including phenoxy) is 1. The Labute approximate surface area is 84.8 Å². The lowest BCUT2D eigenvalue weighted by Crippen LogP contribution is -2.45. The smallest absolute Gasteiger partial charge is 0.248 e. The van der Waals surface area contributed by atoms with E-state index in [-0.39, 0.29) is 18.6 Å². The fourth-order valence-corrected chi connectivity index (χ4v) is 1.97. The Hall–Kier alpha value is -0.610. The molecular formula is C10H19NO3. The van der Waals surface area contributed by atoms with Crippen molar-refractivity contribution in [2.24, 2.45) is 0 Å². The van der Waals surface area contributed by atoms with E-state index in [1.807, 2.05) is 0 Å². The molecule has 0 unspecified atom stereocenters. The normalized spacial score (nSPS) is 22.4. The number of nitrogens with zero attached hydrogens (tertiary/aromatic N) is 1. The average Bonchev–Trinajstić information content (AvgIpc) is 2.25. The molecule has 1 N–H and O–H groups in total. The monoisotopic (exact) mass is 201 g/mol. The van der Waals surface area contributed by atoms with Gasteiger partial charge < -0.3 is 14.7 Å². The van der Waals surface area contributed by atoms with E-state index in [1.54, 1.807) is 12.0 Å². The number of aliphatic hydroxyl groups is 1. The largest absolute Gasteiger partial charge is 0.387 e. The van der Waals surface area contributed by atoms with Crippen molar-refractivity contribution < 1.29 is 14.6 Å². The molecule has 1 saturated heterocycles. The molecule has 0 aromatic heterocycles. The second kappa shape index (κ2) is 5.98. The second-order valence-corrected chi connectivity index (χ2v) is 3.68. The Kier molecular flexibility index (Phi) is 4.90. The van der Waals surface area contributed by atoms with Gasteiger partial charge in [-0.15, -0.1) is 0 Å². The van der Waals surface area contributed by atoms with Gasteiger partial charge in [0, 0.05) is 26.3 Å². The molecule has 1 atom stereocenters. The van der Waals surface area contributed by atoms with Crippen molar-refractivity contribution in [1.82, 2.24) is 4.90 Å². The molecule has 0 bridgehead atoms. The average molecular weight is 201 g/mol. The van der Waals surface area contributed by atoms with E-state index >= 15 is 0 Å². The van der Waals surface area contributed by atoms with Crippen molar-refractivity contribution in [3.8, 4) is 0 Å². The summed E-state index contributed by atoms with van der Waals surface area (Å²) in [4.78, 5) is 13.2. The highest BCUT2D eigenvalue weighted by molar-refractivity contribution is 5.77. The molecule has 0 aromatic carbocycles. The van der Waals surface area contributed by atoms with E-state index < -0.39 is 0 Å². The summed E-state index contributed by atoms with van der Waals surface area (Å²) in [6.45, 7) is 1.09. The number of amides is 1. The Morgan fingerprint density at radius 3 is 3.00 bits per heavy atom. The number of hydrogen-bond acceptors (Lipinski definition) is 3. The van der Waals surface area contributed by atoms with Crippen LogP contribution in [0.5, 0.6) is 0 Å². The highest BCUT2D eigenvalue weighted by Gasteiger charge is 2.25. The van der Waals surface area contributed by atoms with Gasteiger partial charge in [-0.05, 0) is 25.7 Å². The van der Waals surface area contributed by atoms with Crippen LogP contribution in [0.2, 0.25) is 0 Å². The minimum Gasteiger partial charge on any atom is -0.387 e. The van der Waals surface area contributed by atoms with E-state index in [4.69, 9.17) is 9.84 Å². The van der Waals surface area contributed by atoms with Gasteiger partial charge >= 0.3 is 0 Å². The third kappa shape index (κ3) is 2.96. The first kappa shape index (κ1) is 11.5. The standard InChI is InChI=1S/C10H19NO3/c1-14-7-5-9-4-2-3-6-11(9)10(13)8-12/h9,12H,2-8H2,1H3/t9-/m1/s1. The quantitative estimate of drug-likeness (QED) is 0.716. The van der Waals surface area contributed by atoms with Gasteiger partial charge in [0.1, 0.15) is 6.61 Å². The number of likely N-dealkylation sites (tertiary alicyclic amines) is 1. The second-order valence-electron chi connectivity index (χ2n) is 3.68. The minimum absolute atomic E-state index is 0.147. The van der Waals surface area contributed by atoms with Gasteiger partial charge in [-0.2, -0.15) is 0 Å². The van der Waals surface area contributed by atoms with Crippen LogP contribution in [-0.4, -0.2) is 48.8 Å². The lowest BCUT2D eigenvalue weighted by atomic mass is 9.99. The molecule has 1 aliphatic rings. The Balaban J connectivity index is 2.45. The summed E-state index contributed by atoms with van der Waals surface area (Å²) < 4.78 is 5.01. The van der Waals surface area contributed by atoms with E-state index in [0.717, 1.165) is 25.8 Å². The highest BCUT2D eigenvalue weighted by atomic mass is 16.5. The number of rotatable bonds is 4. The highest BCUT2D eigenvalue weighted by Crippen LogP contribution is 2.19. The topological polar surface area (TPSA) is 49.8 Å². The number of piperidine rings is 1. The van der Waals surface area contributed by atoms with Gasteiger partial charge in [0.25, 0.3) is 0 Å². The summed E-state index contributed by atoms with van der Waals surface area (Å²) in [6, 6.07) is 0.267. The van der Waals surface area contributed by atoms with Crippen LogP contribution in [0, 0.1) is 0 Å². The molecule has 1 heterocycles. The van der Waals surface area contributed by atoms with E-state index in [1.165, 1.54) is 6.42 Å². The summed E-state index contributed by atoms with van der Waals surface area (Å²) >= 11 is 0. The third-order valence-electron chi connectivity index (χ3n) is 2.74. The fraction of sp³-hybridized carbons (Fsp3) is 0.900. The summed E-state index contributed by atoms with van der Waals surface area (Å²) in [5.74, 6) is -0.147. The van der Waals surface area contributed by atoms with Crippen LogP contribution in [0.15, 0.2) is 0 Å². The van der Waals surface area contributed by atoms with Gasteiger partial charge in [-0.3, -0.25) is 4.79 Å². The van der Waals surface area contributed by atoms with Crippen molar-refractivity contribution in [1.29, 1.82) is 0 Å². The molecule has 1 amide bonds. The minimum atomic E-state index is -0.372. The zero-order valence-electron chi connectivity index (χ0n) is 8.74. The molecule has 0 aromatic rings. The molecule has 4 heteroatoms. The molecule has 0 saturated carbocycles. The van der Waals surface area contributed by atoms with Crippen LogP contribution in [0.4, 0.5) is 0 Å². The van der Waals surface area contributed by atoms with Gasteiger partial charge in [0.15, 0.2) is 0 Å². The van der Waals surface area contributed by atoms with Gasteiger partial charge in [-0.1, -0.05) is 0 Å². The van der Waals surface area contributed by atoms with Crippen LogP contribution in [0.1, 0.15) is 25.7 Å². The maximum absolute atomic E-state index is 11.4. The van der Waals surface area contributed by atoms with E-state index in [2.05, 4.69) is 0 Å². The van der Waals surface area contributed by atoms with Crippen molar-refractivity contribution in [3.05, 3.63) is 0 Å². The number of hydrogen-bond donors (Lipinski definition) is 1. The first-order valence-electron chi connectivity index (χ1n) is 5.19. The predicted molar refractivity (Wildman–Crippen MR) is 52.9 cm³/mol. The molecule has 1 fully saturated rings. The van der Waals surface area contributed by atoms with Crippen LogP contribution in [0.25, 0.3) is 0 Å². The number of carbonyl (C=O) groups is 1. The molecule has 0 aliphatic carbocycles. The van der Waals surface area contributed by atoms with Crippen molar-refractivity contribution >= 4 is 5.91 Å². The first-order chi connectivity index (χ1) is 6.79. The fourth-order valence-electron chi connectivity index (χ4n) is 1.97. The van der Waals surface area contributed by atoms with Crippen molar-refractivity contribution in [2.45, 2.75) is 31.7 Å². The van der Waals surface area contributed by atoms with E-state index in [9.17, 15) is 4.79 Å². The lowest BCUT2D eigenvalue weighted by Gasteiger charge is -2.35. The molecule has 1 rings (SSSR count). The molecule has 4 nitrogen and oxygen atoms in total. The molecular weight excluding hydrogens is 182 g/mol. The summed E-state index contributed by atoms with van der Waals surface area (Å²) in [6.07, 6.45) is 4.14. The first-order valence-corrected chi connectivity index (χ1v) is 5.19. The SMILES string of the molecule is COCC[C@H]1CCCCN1C(=O)CO. The summed E-state index contributed by atoms with van der Waals surface area (Å²) in [7, 11) is 1.67. The maximum atomic E-state index is 11.4. The molecule has 0 radical (unpaired) electrons. The van der Waals surface area contributed by atoms with Crippen LogP contribution >= 0.6 is 0 Å². The number of methoxy groups -OCH3 is 1. The number of carbonyl (C=O) groups excluding carboxylic acids is 1. The Morgan fingerprint density at radius 2 is 2.36 bits per heavy atom. The molecule has 1 aliphatic heterocycles. The summed E-state index contributed by atoms with van der Waals surface area (Å²) in [5.41, 5.74) is 0. The van der Waals surface area contributed by atoms with Crippen LogP contribution < -0.4 is 0 Å². The molecule has 0 spiro atoms. The van der Waals surface area contributed by atoms with Crippen LogP contribution in [-0.2, 0) is 9.53 Å². The predicted octanol–water partition coefficient (Wildman–Crippen LogP) is 0.396. The maximum Gasteiger partial charge on any atom is 0.248 e. The summed E-state index contributed by atoms with van der Waals surface area (Å²) in [5, 5.41) is 8.81. The van der Waals surface area contributed by atoms with Gasteiger partial charge in [-0.25, -0.2) is 0 Å². The lowest BCUT2D eigenvalue weighted by molar-refractivity contribution is -0.138. The number of aliphatic hydroxyl groups excluding tert-OH is 1. The Morgan fingerprint density at radius 1 is 1.57 bits per heavy atom. The van der Waals surface area contributed by atoms with Gasteiger partial charge in [0.05, 0.1) is 0 Å². The Bertz CT molecular complexity index is 184. The van der Waals surface area contributed by atoms with Gasteiger partial charge in [0.2, 0.25) is 5.91 Å². The zero-order valence-corrected chi connectivity index (χ0v) is 8.74. The van der Waals surface area contributed by atoms with Crippen LogP contribution in [0.3, 0.4) is 0 Å². The van der Waals surface area contributed by atoms with E-state index in [0.29, 0.717) is 6.61 Å². The third-order valence-corrected chi connectivity index (χ3v) is 2.74. The van der Waals surface area contributed by atoms with Crippen molar-refractivity contribution in [2.75, 3.05) is 26.9 Å².